The van der Waals surface area contributed by atoms with E-state index in [1.54, 1.807) is 6.07 Å². The molecule has 1 aromatic heterocycles. The second-order valence-electron chi connectivity index (χ2n) is 4.84. The van der Waals surface area contributed by atoms with Gasteiger partial charge in [-0.1, -0.05) is 25.4 Å². The van der Waals surface area contributed by atoms with Crippen molar-refractivity contribution in [2.24, 2.45) is 0 Å². The minimum Gasteiger partial charge on any atom is -0.322 e. The highest BCUT2D eigenvalue weighted by atomic mass is 79.9. The fourth-order valence-corrected chi connectivity index (χ4v) is 2.32. The summed E-state index contributed by atoms with van der Waals surface area (Å²) in [5.41, 5.74) is 1.65. The van der Waals surface area contributed by atoms with Crippen LogP contribution in [0.1, 0.15) is 35.8 Å². The molecule has 1 amide bonds. The molecule has 1 aromatic carbocycles. The van der Waals surface area contributed by atoms with E-state index in [0.717, 1.165) is 5.69 Å². The molecule has 0 aliphatic rings. The number of carbonyl (C=O) groups is 1. The summed E-state index contributed by atoms with van der Waals surface area (Å²) in [6.45, 7) is 3.94. The number of nitrogens with one attached hydrogen (secondary N) is 1. The summed E-state index contributed by atoms with van der Waals surface area (Å²) >= 11 is 9.02. The molecule has 110 valence electrons. The molecule has 0 fully saturated rings. The number of hydrogen-bond donors (Lipinski definition) is 1. The first-order chi connectivity index (χ1) is 9.86. The summed E-state index contributed by atoms with van der Waals surface area (Å²) in [4.78, 5) is 16.4. The van der Waals surface area contributed by atoms with Gasteiger partial charge in [-0.05, 0) is 52.2 Å². The molecule has 0 unspecified atom stereocenters. The first-order valence-corrected chi connectivity index (χ1v) is 7.48. The Morgan fingerprint density at radius 3 is 2.67 bits per heavy atom. The molecule has 0 atom stereocenters. The van der Waals surface area contributed by atoms with Gasteiger partial charge in [-0.3, -0.25) is 4.79 Å². The van der Waals surface area contributed by atoms with E-state index in [9.17, 15) is 9.18 Å². The quantitative estimate of drug-likeness (QED) is 0.770. The molecule has 0 aliphatic carbocycles. The van der Waals surface area contributed by atoms with Crippen molar-refractivity contribution in [2.75, 3.05) is 5.32 Å². The van der Waals surface area contributed by atoms with Crippen LogP contribution < -0.4 is 5.32 Å². The maximum absolute atomic E-state index is 13.2. The number of halogens is 3. The zero-order chi connectivity index (χ0) is 15.6. The van der Waals surface area contributed by atoms with Crippen molar-refractivity contribution in [3.05, 3.63) is 57.0 Å². The van der Waals surface area contributed by atoms with Crippen molar-refractivity contribution in [1.82, 2.24) is 4.98 Å². The van der Waals surface area contributed by atoms with Crippen molar-refractivity contribution in [2.45, 2.75) is 19.8 Å². The SMILES string of the molecule is CC(C)c1cc(C(=O)Nc2ccc(F)c(Br)c2)cc(Cl)n1. The summed E-state index contributed by atoms with van der Waals surface area (Å²) in [7, 11) is 0. The van der Waals surface area contributed by atoms with E-state index in [1.165, 1.54) is 24.3 Å². The molecule has 0 spiro atoms. The standard InChI is InChI=1S/C15H13BrClFN2O/c1-8(2)13-5-9(6-14(17)20-13)15(21)19-10-3-4-12(18)11(16)7-10/h3-8H,1-2H3,(H,19,21). The molecule has 0 saturated heterocycles. The average Bonchev–Trinajstić information content (AvgIpc) is 2.42. The zero-order valence-corrected chi connectivity index (χ0v) is 13.8. The van der Waals surface area contributed by atoms with Gasteiger partial charge in [-0.15, -0.1) is 0 Å². The number of pyridine rings is 1. The van der Waals surface area contributed by atoms with Crippen molar-refractivity contribution < 1.29 is 9.18 Å². The van der Waals surface area contributed by atoms with Crippen LogP contribution in [0.3, 0.4) is 0 Å². The molecular weight excluding hydrogens is 359 g/mol. The lowest BCUT2D eigenvalue weighted by molar-refractivity contribution is 0.102. The zero-order valence-electron chi connectivity index (χ0n) is 11.5. The average molecular weight is 372 g/mol. The van der Waals surface area contributed by atoms with Crippen molar-refractivity contribution in [3.63, 3.8) is 0 Å². The molecule has 0 saturated carbocycles. The molecule has 0 radical (unpaired) electrons. The van der Waals surface area contributed by atoms with Gasteiger partial charge in [-0.25, -0.2) is 9.37 Å². The fourth-order valence-electron chi connectivity index (χ4n) is 1.72. The first-order valence-electron chi connectivity index (χ1n) is 6.30. The molecule has 1 N–H and O–H groups in total. The van der Waals surface area contributed by atoms with E-state index in [2.05, 4.69) is 26.2 Å². The van der Waals surface area contributed by atoms with E-state index in [-0.39, 0.29) is 27.3 Å². The summed E-state index contributed by atoms with van der Waals surface area (Å²) in [5.74, 6) is -0.544. The highest BCUT2D eigenvalue weighted by Gasteiger charge is 2.12. The van der Waals surface area contributed by atoms with Crippen LogP contribution >= 0.6 is 27.5 Å². The normalized spacial score (nSPS) is 10.8. The Labute approximate surface area is 135 Å². The van der Waals surface area contributed by atoms with Gasteiger partial charge < -0.3 is 5.32 Å². The molecule has 21 heavy (non-hydrogen) atoms. The highest BCUT2D eigenvalue weighted by molar-refractivity contribution is 9.10. The Hall–Kier alpha value is -1.46. The lowest BCUT2D eigenvalue weighted by Crippen LogP contribution is -2.13. The van der Waals surface area contributed by atoms with Gasteiger partial charge >= 0.3 is 0 Å². The van der Waals surface area contributed by atoms with Gasteiger partial charge in [0.1, 0.15) is 11.0 Å². The van der Waals surface area contributed by atoms with Crippen LogP contribution in [0.15, 0.2) is 34.8 Å². The highest BCUT2D eigenvalue weighted by Crippen LogP contribution is 2.22. The summed E-state index contributed by atoms with van der Waals surface area (Å²) < 4.78 is 13.5. The van der Waals surface area contributed by atoms with Crippen LogP contribution in [0.4, 0.5) is 10.1 Å². The third kappa shape index (κ3) is 4.02. The van der Waals surface area contributed by atoms with Crippen molar-refractivity contribution in [1.29, 1.82) is 0 Å². The maximum Gasteiger partial charge on any atom is 0.255 e. The number of carbonyl (C=O) groups excluding carboxylic acids is 1. The minimum atomic E-state index is -0.387. The van der Waals surface area contributed by atoms with Crippen LogP contribution in [-0.4, -0.2) is 10.9 Å². The Balaban J connectivity index is 2.25. The van der Waals surface area contributed by atoms with E-state index in [1.807, 2.05) is 13.8 Å². The van der Waals surface area contributed by atoms with Crippen molar-refractivity contribution in [3.8, 4) is 0 Å². The predicted molar refractivity (Wildman–Crippen MR) is 85.4 cm³/mol. The molecule has 0 aliphatic heterocycles. The molecule has 2 aromatic rings. The van der Waals surface area contributed by atoms with Gasteiger partial charge in [-0.2, -0.15) is 0 Å². The third-order valence-electron chi connectivity index (χ3n) is 2.85. The molecule has 3 nitrogen and oxygen atoms in total. The summed E-state index contributed by atoms with van der Waals surface area (Å²) in [6, 6.07) is 7.47. The number of aromatic nitrogens is 1. The van der Waals surface area contributed by atoms with E-state index >= 15 is 0 Å². The van der Waals surface area contributed by atoms with E-state index in [0.29, 0.717) is 11.3 Å². The monoisotopic (exact) mass is 370 g/mol. The largest absolute Gasteiger partial charge is 0.322 e. The van der Waals surface area contributed by atoms with Crippen molar-refractivity contribution >= 4 is 39.1 Å². The summed E-state index contributed by atoms with van der Waals surface area (Å²) in [5, 5.41) is 2.97. The Kier molecular flexibility index (Phi) is 4.96. The number of benzene rings is 1. The Bertz CT molecular complexity index is 691. The van der Waals surface area contributed by atoms with Gasteiger partial charge in [0.05, 0.1) is 4.47 Å². The van der Waals surface area contributed by atoms with E-state index < -0.39 is 0 Å². The van der Waals surface area contributed by atoms with Crippen LogP contribution in [-0.2, 0) is 0 Å². The number of rotatable bonds is 3. The fraction of sp³-hybridized carbons (Fsp3) is 0.200. The van der Waals surface area contributed by atoms with Crippen LogP contribution in [0.2, 0.25) is 5.15 Å². The van der Waals surface area contributed by atoms with Gasteiger partial charge in [0, 0.05) is 16.9 Å². The second kappa shape index (κ2) is 6.54. The molecule has 1 heterocycles. The Morgan fingerprint density at radius 2 is 2.05 bits per heavy atom. The van der Waals surface area contributed by atoms with Gasteiger partial charge in [0.15, 0.2) is 0 Å². The topological polar surface area (TPSA) is 42.0 Å². The predicted octanol–water partition coefficient (Wildman–Crippen LogP) is 5.01. The Morgan fingerprint density at radius 1 is 1.33 bits per heavy atom. The smallest absolute Gasteiger partial charge is 0.255 e. The molecular formula is C15H13BrClFN2O. The van der Waals surface area contributed by atoms with E-state index in [4.69, 9.17) is 11.6 Å². The molecule has 2 rings (SSSR count). The van der Waals surface area contributed by atoms with Gasteiger partial charge in [0.25, 0.3) is 5.91 Å². The number of nitrogens with zero attached hydrogens (tertiary/aromatic N) is 1. The molecule has 0 bridgehead atoms. The summed E-state index contributed by atoms with van der Waals surface area (Å²) in [6.07, 6.45) is 0. The second-order valence-corrected chi connectivity index (χ2v) is 6.08. The number of anilines is 1. The minimum absolute atomic E-state index is 0.162. The van der Waals surface area contributed by atoms with Crippen LogP contribution in [0, 0.1) is 5.82 Å². The lowest BCUT2D eigenvalue weighted by Gasteiger charge is -2.09. The van der Waals surface area contributed by atoms with Crippen LogP contribution in [0.5, 0.6) is 0 Å². The lowest BCUT2D eigenvalue weighted by atomic mass is 10.1. The number of amides is 1. The molecule has 6 heteroatoms. The third-order valence-corrected chi connectivity index (χ3v) is 3.65. The maximum atomic E-state index is 13.2. The number of hydrogen-bond acceptors (Lipinski definition) is 2. The van der Waals surface area contributed by atoms with Crippen LogP contribution in [0.25, 0.3) is 0 Å². The first kappa shape index (κ1) is 15.9. The van der Waals surface area contributed by atoms with Gasteiger partial charge in [0.2, 0.25) is 0 Å².